The van der Waals surface area contributed by atoms with Gasteiger partial charge in [0.25, 0.3) is 0 Å². The molecule has 0 aliphatic rings. The van der Waals surface area contributed by atoms with Crippen LogP contribution in [0.1, 0.15) is 11.1 Å². The Bertz CT molecular complexity index is 715. The Kier molecular flexibility index (Phi) is 4.86. The molecule has 0 atom stereocenters. The van der Waals surface area contributed by atoms with Crippen LogP contribution in [0.25, 0.3) is 0 Å². The van der Waals surface area contributed by atoms with E-state index in [1.54, 1.807) is 0 Å². The maximum absolute atomic E-state index is 3.76. The SMILES string of the molecule is Cc1ccc([As](c2ccc(C)cc2)c2ccccc2Br)cc1. The molecule has 0 aliphatic heterocycles. The van der Waals surface area contributed by atoms with Gasteiger partial charge in [0, 0.05) is 0 Å². The monoisotopic (exact) mass is 412 g/mol. The van der Waals surface area contributed by atoms with Crippen molar-refractivity contribution in [3.05, 3.63) is 88.4 Å². The van der Waals surface area contributed by atoms with Crippen molar-refractivity contribution < 1.29 is 0 Å². The molecule has 0 spiro atoms. The number of aryl methyl sites for hydroxylation is 2. The fourth-order valence-electron chi connectivity index (χ4n) is 2.45. The summed E-state index contributed by atoms with van der Waals surface area (Å²) in [5, 5.41) is 0. The molecular formula is C20H18AsBr. The third kappa shape index (κ3) is 3.37. The van der Waals surface area contributed by atoms with Gasteiger partial charge in [0.15, 0.2) is 0 Å². The van der Waals surface area contributed by atoms with Crippen LogP contribution in [0.2, 0.25) is 0 Å². The third-order valence-corrected chi connectivity index (χ3v) is 10.3. The molecule has 3 aromatic carbocycles. The number of benzene rings is 3. The average molecular weight is 413 g/mol. The molecule has 0 aliphatic carbocycles. The first-order valence-corrected chi connectivity index (χ1v) is 10.9. The van der Waals surface area contributed by atoms with Crippen molar-refractivity contribution in [3.63, 3.8) is 0 Å². The van der Waals surface area contributed by atoms with E-state index in [0.717, 1.165) is 0 Å². The van der Waals surface area contributed by atoms with Gasteiger partial charge in [-0.05, 0) is 0 Å². The zero-order chi connectivity index (χ0) is 15.5. The van der Waals surface area contributed by atoms with Gasteiger partial charge in [-0.25, -0.2) is 0 Å². The molecule has 0 heterocycles. The molecule has 0 amide bonds. The number of rotatable bonds is 3. The van der Waals surface area contributed by atoms with Crippen LogP contribution in [0, 0.1) is 13.8 Å². The molecule has 0 saturated carbocycles. The Morgan fingerprint density at radius 1 is 0.636 bits per heavy atom. The average Bonchev–Trinajstić information content (AvgIpc) is 2.53. The Balaban J connectivity index is 2.16. The fraction of sp³-hybridized carbons (Fsp3) is 0.100. The van der Waals surface area contributed by atoms with Crippen LogP contribution in [0.5, 0.6) is 0 Å². The molecule has 0 saturated heterocycles. The minimum atomic E-state index is -1.52. The fourth-order valence-corrected chi connectivity index (χ4v) is 8.42. The van der Waals surface area contributed by atoms with E-state index in [-0.39, 0.29) is 0 Å². The third-order valence-electron chi connectivity index (χ3n) is 3.68. The maximum atomic E-state index is 3.76. The molecule has 0 unspecified atom stereocenters. The molecule has 3 rings (SSSR count). The van der Waals surface area contributed by atoms with Crippen LogP contribution in [0.4, 0.5) is 0 Å². The standard InChI is InChI=1S/C20H18AsBr/c1-15-7-11-17(12-8-15)21(18-13-9-16(2)10-14-18)19-5-3-4-6-20(19)22/h3-14H,1-2H3. The van der Waals surface area contributed by atoms with Crippen LogP contribution in [0.15, 0.2) is 77.3 Å². The summed E-state index contributed by atoms with van der Waals surface area (Å²) in [4.78, 5) is 0. The summed E-state index contributed by atoms with van der Waals surface area (Å²) < 4.78 is 5.60. The molecule has 0 aromatic heterocycles. The van der Waals surface area contributed by atoms with E-state index in [2.05, 4.69) is 103 Å². The first kappa shape index (κ1) is 15.6. The number of halogens is 1. The van der Waals surface area contributed by atoms with Gasteiger partial charge in [-0.3, -0.25) is 0 Å². The second-order valence-corrected chi connectivity index (χ2v) is 10.9. The summed E-state index contributed by atoms with van der Waals surface area (Å²) in [6, 6.07) is 26.7. The summed E-state index contributed by atoms with van der Waals surface area (Å²) in [6.45, 7) is 4.29. The van der Waals surface area contributed by atoms with E-state index >= 15 is 0 Å². The molecule has 3 aromatic rings. The summed E-state index contributed by atoms with van der Waals surface area (Å²) in [6.07, 6.45) is 0. The van der Waals surface area contributed by atoms with E-state index in [9.17, 15) is 0 Å². The molecule has 0 nitrogen and oxygen atoms in total. The zero-order valence-corrected chi connectivity index (χ0v) is 16.2. The van der Waals surface area contributed by atoms with Crippen molar-refractivity contribution in [1.29, 1.82) is 0 Å². The van der Waals surface area contributed by atoms with Gasteiger partial charge in [-0.2, -0.15) is 0 Å². The minimum absolute atomic E-state index is 1.22. The topological polar surface area (TPSA) is 0 Å². The summed E-state index contributed by atoms with van der Waals surface area (Å²) in [5.41, 5.74) is 2.63. The molecule has 22 heavy (non-hydrogen) atoms. The van der Waals surface area contributed by atoms with Gasteiger partial charge in [0.1, 0.15) is 0 Å². The van der Waals surface area contributed by atoms with Gasteiger partial charge >= 0.3 is 146 Å². The summed E-state index contributed by atoms with van der Waals surface area (Å²) in [7, 11) is 0. The van der Waals surface area contributed by atoms with E-state index in [4.69, 9.17) is 0 Å². The van der Waals surface area contributed by atoms with Gasteiger partial charge in [-0.15, -0.1) is 0 Å². The molecule has 0 N–H and O–H groups in total. The quantitative estimate of drug-likeness (QED) is 0.576. The van der Waals surface area contributed by atoms with Crippen molar-refractivity contribution in [2.24, 2.45) is 0 Å². The molecule has 2 heteroatoms. The Morgan fingerprint density at radius 2 is 1.09 bits per heavy atom. The molecule has 0 radical (unpaired) electrons. The van der Waals surface area contributed by atoms with E-state index in [1.807, 2.05) is 0 Å². The van der Waals surface area contributed by atoms with Crippen LogP contribution in [-0.4, -0.2) is 14.7 Å². The van der Waals surface area contributed by atoms with Crippen LogP contribution >= 0.6 is 15.9 Å². The second kappa shape index (κ2) is 6.85. The van der Waals surface area contributed by atoms with Crippen molar-refractivity contribution >= 4 is 43.6 Å². The van der Waals surface area contributed by atoms with Gasteiger partial charge < -0.3 is 0 Å². The first-order valence-electron chi connectivity index (χ1n) is 7.33. The van der Waals surface area contributed by atoms with Gasteiger partial charge in [0.2, 0.25) is 0 Å². The van der Waals surface area contributed by atoms with Crippen LogP contribution < -0.4 is 13.1 Å². The summed E-state index contributed by atoms with van der Waals surface area (Å²) >= 11 is 2.24. The van der Waals surface area contributed by atoms with Crippen molar-refractivity contribution in [1.82, 2.24) is 0 Å². The Morgan fingerprint density at radius 3 is 1.55 bits per heavy atom. The first-order chi connectivity index (χ1) is 10.6. The van der Waals surface area contributed by atoms with Crippen molar-refractivity contribution in [3.8, 4) is 0 Å². The molecule has 0 fully saturated rings. The van der Waals surface area contributed by atoms with Crippen molar-refractivity contribution in [2.75, 3.05) is 0 Å². The molecular weight excluding hydrogens is 395 g/mol. The second-order valence-electron chi connectivity index (χ2n) is 5.46. The number of hydrogen-bond acceptors (Lipinski definition) is 0. The molecule has 110 valence electrons. The van der Waals surface area contributed by atoms with Crippen molar-refractivity contribution in [2.45, 2.75) is 13.8 Å². The summed E-state index contributed by atoms with van der Waals surface area (Å²) in [5.74, 6) is 0. The normalized spacial score (nSPS) is 10.9. The zero-order valence-electron chi connectivity index (χ0n) is 12.8. The van der Waals surface area contributed by atoms with Crippen LogP contribution in [-0.2, 0) is 0 Å². The molecule has 0 bridgehead atoms. The Hall–Kier alpha value is -1.30. The van der Waals surface area contributed by atoms with Gasteiger partial charge in [0.05, 0.1) is 0 Å². The predicted molar refractivity (Wildman–Crippen MR) is 101 cm³/mol. The van der Waals surface area contributed by atoms with E-state index in [1.165, 1.54) is 28.7 Å². The Labute approximate surface area is 145 Å². The van der Waals surface area contributed by atoms with E-state index < -0.39 is 14.7 Å². The van der Waals surface area contributed by atoms with E-state index in [0.29, 0.717) is 0 Å². The predicted octanol–water partition coefficient (Wildman–Crippen LogP) is 3.58. The van der Waals surface area contributed by atoms with Gasteiger partial charge in [-0.1, -0.05) is 0 Å². The van der Waals surface area contributed by atoms with Crippen LogP contribution in [0.3, 0.4) is 0 Å². The number of hydrogen-bond donors (Lipinski definition) is 0.